The summed E-state index contributed by atoms with van der Waals surface area (Å²) in [6.45, 7) is 3.00. The molecule has 0 radical (unpaired) electrons. The predicted molar refractivity (Wildman–Crippen MR) is 89.4 cm³/mol. The average molecular weight is 335 g/mol. The normalized spacial score (nSPS) is 27.0. The Morgan fingerprint density at radius 3 is 2.83 bits per heavy atom. The smallest absolute Gasteiger partial charge is 0.238 e. The number of hydrogen-bond donors (Lipinski definition) is 1. The number of benzene rings is 2. The van der Waals surface area contributed by atoms with E-state index in [1.54, 1.807) is 6.07 Å². The Morgan fingerprint density at radius 1 is 1.26 bits per heavy atom. The summed E-state index contributed by atoms with van der Waals surface area (Å²) in [5.74, 6) is -0.0379. The van der Waals surface area contributed by atoms with Crippen molar-refractivity contribution in [3.63, 3.8) is 0 Å². The summed E-state index contributed by atoms with van der Waals surface area (Å²) in [5, 5.41) is 3.59. The molecular weight excluding hydrogens is 318 g/mol. The zero-order valence-corrected chi connectivity index (χ0v) is 13.5. The van der Waals surface area contributed by atoms with Crippen molar-refractivity contribution in [3.8, 4) is 0 Å². The maximum atomic E-state index is 12.3. The quantitative estimate of drug-likeness (QED) is 0.870. The number of carbonyl (C=O) groups is 1. The summed E-state index contributed by atoms with van der Waals surface area (Å²) in [6, 6.07) is 15.5. The van der Waals surface area contributed by atoms with Gasteiger partial charge in [-0.1, -0.05) is 41.9 Å². The van der Waals surface area contributed by atoms with Crippen LogP contribution in [0.5, 0.6) is 0 Å². The number of amides is 1. The van der Waals surface area contributed by atoms with Gasteiger partial charge in [-0.25, -0.2) is 0 Å². The summed E-state index contributed by atoms with van der Waals surface area (Å²) in [5.41, 5.74) is 1.84. The molecule has 23 heavy (non-hydrogen) atoms. The Bertz CT molecular complexity index is 765. The van der Waals surface area contributed by atoms with Gasteiger partial charge < -0.3 is 10.1 Å². The lowest BCUT2D eigenvalue weighted by Gasteiger charge is -2.36. The molecule has 0 spiro atoms. The highest BCUT2D eigenvalue weighted by Crippen LogP contribution is 2.47. The van der Waals surface area contributed by atoms with Crippen LogP contribution in [0, 0.1) is 0 Å². The minimum absolute atomic E-state index is 0.0212. The molecule has 2 atom stereocenters. The van der Waals surface area contributed by atoms with Crippen LogP contribution in [0.15, 0.2) is 48.5 Å². The zero-order chi connectivity index (χ0) is 16.0. The fourth-order valence-corrected chi connectivity index (χ4v) is 3.76. The third-order valence-corrected chi connectivity index (χ3v) is 4.65. The monoisotopic (exact) mass is 334 g/mol. The third-order valence-electron chi connectivity index (χ3n) is 4.41. The first-order valence-corrected chi connectivity index (χ1v) is 8.05. The van der Waals surface area contributed by atoms with Gasteiger partial charge in [0.15, 0.2) is 5.72 Å². The lowest BCUT2D eigenvalue weighted by molar-refractivity contribution is -0.121. The van der Waals surface area contributed by atoms with Gasteiger partial charge in [0.05, 0.1) is 12.6 Å². The van der Waals surface area contributed by atoms with Crippen molar-refractivity contribution in [1.82, 2.24) is 4.90 Å². The van der Waals surface area contributed by atoms with Crippen LogP contribution >= 0.6 is 11.6 Å². The zero-order valence-electron chi connectivity index (χ0n) is 12.8. The van der Waals surface area contributed by atoms with Gasteiger partial charge in [0, 0.05) is 28.4 Å². The molecule has 5 heteroatoms. The maximum absolute atomic E-state index is 12.3. The van der Waals surface area contributed by atoms with Gasteiger partial charge in [-0.15, -0.1) is 0 Å². The second-order valence-corrected chi connectivity index (χ2v) is 6.49. The molecule has 1 saturated heterocycles. The van der Waals surface area contributed by atoms with Gasteiger partial charge in [-0.2, -0.15) is 0 Å². The van der Waals surface area contributed by atoms with Crippen molar-refractivity contribution in [2.75, 3.05) is 18.4 Å². The lowest BCUT2D eigenvalue weighted by atomic mass is 10.0. The molecule has 0 saturated carbocycles. The SMILES string of the molecule is CC1CN2CC(=O)Nc3ccc(Cl)cc3C2([13c]2[13cH][13cH][13cH][13cH][13cH]2)O1. The van der Waals surface area contributed by atoms with Gasteiger partial charge in [0.1, 0.15) is 0 Å². The molecule has 2 aliphatic rings. The number of nitrogens with zero attached hydrogens (tertiary/aromatic N) is 1. The highest BCUT2D eigenvalue weighted by Gasteiger charge is 2.51. The van der Waals surface area contributed by atoms with Crippen LogP contribution in [-0.4, -0.2) is 30.0 Å². The number of fused-ring (bicyclic) bond motifs is 3. The number of nitrogens with one attached hydrogen (secondary N) is 1. The highest BCUT2D eigenvalue weighted by atomic mass is 35.5. The van der Waals surface area contributed by atoms with Gasteiger partial charge in [0.2, 0.25) is 5.91 Å². The Hall–Kier alpha value is -1.88. The van der Waals surface area contributed by atoms with Crippen LogP contribution in [0.1, 0.15) is 18.1 Å². The Labute approximate surface area is 140 Å². The van der Waals surface area contributed by atoms with E-state index >= 15 is 0 Å². The molecule has 2 unspecified atom stereocenters. The molecule has 0 aromatic heterocycles. The second kappa shape index (κ2) is 5.34. The van der Waals surface area contributed by atoms with E-state index in [1.165, 1.54) is 0 Å². The van der Waals surface area contributed by atoms with Crippen LogP contribution in [-0.2, 0) is 15.3 Å². The van der Waals surface area contributed by atoms with E-state index in [-0.39, 0.29) is 18.6 Å². The van der Waals surface area contributed by atoms with Crippen LogP contribution in [0.4, 0.5) is 5.69 Å². The van der Waals surface area contributed by atoms with Crippen LogP contribution in [0.3, 0.4) is 0 Å². The second-order valence-electron chi connectivity index (χ2n) is 6.06. The molecule has 2 aromatic carbocycles. The number of rotatable bonds is 1. The number of halogens is 1. The van der Waals surface area contributed by atoms with Crippen LogP contribution in [0.25, 0.3) is 0 Å². The van der Waals surface area contributed by atoms with Crippen molar-refractivity contribution in [2.45, 2.75) is 18.8 Å². The number of anilines is 1. The van der Waals surface area contributed by atoms with Crippen molar-refractivity contribution >= 4 is 23.2 Å². The van der Waals surface area contributed by atoms with E-state index < -0.39 is 5.72 Å². The highest BCUT2D eigenvalue weighted by molar-refractivity contribution is 6.30. The Kier molecular flexibility index (Phi) is 3.41. The molecule has 4 rings (SSSR count). The molecule has 1 fully saturated rings. The lowest BCUT2D eigenvalue weighted by Crippen LogP contribution is -2.44. The molecule has 118 valence electrons. The summed E-state index contributed by atoms with van der Waals surface area (Å²) >= 11 is 6.26. The molecule has 2 aromatic rings. The number of carbonyl (C=O) groups excluding carboxylic acids is 1. The van der Waals surface area contributed by atoms with E-state index in [9.17, 15) is 4.79 Å². The maximum Gasteiger partial charge on any atom is 0.238 e. The van der Waals surface area contributed by atoms with Crippen LogP contribution in [0.2, 0.25) is 5.02 Å². The summed E-state index contributed by atoms with van der Waals surface area (Å²) in [6.07, 6.45) is 0.0212. The molecule has 2 heterocycles. The van der Waals surface area contributed by atoms with Crippen molar-refractivity contribution in [1.29, 1.82) is 0 Å². The fourth-order valence-electron chi connectivity index (χ4n) is 3.59. The summed E-state index contributed by atoms with van der Waals surface area (Å²) in [4.78, 5) is 14.4. The standard InChI is InChI=1S/C18H17ClN2O2/c1-12-10-21-11-17(22)20-16-8-7-14(19)9-15(16)18(21,23-12)13-5-3-2-4-6-13/h2-9,12H,10-11H2,1H3,(H,20,22)/i2+1,3+1,4+1,5+1,6+1,13+1. The molecule has 1 amide bonds. The van der Waals surface area contributed by atoms with Gasteiger partial charge in [-0.05, 0) is 25.1 Å². The Morgan fingerprint density at radius 2 is 2.04 bits per heavy atom. The number of ether oxygens (including phenoxy) is 1. The van der Waals surface area contributed by atoms with Crippen molar-refractivity contribution < 1.29 is 9.53 Å². The molecule has 0 aliphatic carbocycles. The fraction of sp³-hybridized carbons (Fsp3) is 0.278. The minimum Gasteiger partial charge on any atom is -0.347 e. The van der Waals surface area contributed by atoms with E-state index in [0.29, 0.717) is 11.6 Å². The van der Waals surface area contributed by atoms with Gasteiger partial charge in [0.25, 0.3) is 0 Å². The molecule has 4 nitrogen and oxygen atoms in total. The molecule has 1 N–H and O–H groups in total. The first-order chi connectivity index (χ1) is 11.1. The van der Waals surface area contributed by atoms with Crippen molar-refractivity contribution in [2.24, 2.45) is 0 Å². The van der Waals surface area contributed by atoms with E-state index in [1.807, 2.05) is 49.4 Å². The van der Waals surface area contributed by atoms with E-state index in [4.69, 9.17) is 16.3 Å². The third kappa shape index (κ3) is 2.26. The minimum atomic E-state index is -0.792. The first-order valence-electron chi connectivity index (χ1n) is 7.68. The topological polar surface area (TPSA) is 41.6 Å². The average Bonchev–Trinajstić information content (AvgIpc) is 2.81. The molecule has 0 bridgehead atoms. The van der Waals surface area contributed by atoms with Crippen molar-refractivity contribution in [3.05, 3.63) is 64.7 Å². The molecule has 2 aliphatic heterocycles. The summed E-state index contributed by atoms with van der Waals surface area (Å²) < 4.78 is 6.42. The van der Waals surface area contributed by atoms with E-state index in [0.717, 1.165) is 16.8 Å². The van der Waals surface area contributed by atoms with Gasteiger partial charge in [-0.3, -0.25) is 9.69 Å². The molecular formula is C18H17ClN2O2. The van der Waals surface area contributed by atoms with Gasteiger partial charge >= 0.3 is 0 Å². The largest absolute Gasteiger partial charge is 0.347 e. The number of hydrogen-bond acceptors (Lipinski definition) is 3. The summed E-state index contributed by atoms with van der Waals surface area (Å²) in [7, 11) is 0. The first kappa shape index (κ1) is 14.7. The predicted octanol–water partition coefficient (Wildman–Crippen LogP) is 3.21. The Balaban J connectivity index is 2.02. The van der Waals surface area contributed by atoms with Crippen LogP contribution < -0.4 is 5.32 Å². The van der Waals surface area contributed by atoms with E-state index in [2.05, 4.69) is 10.2 Å².